The Labute approximate surface area is 144 Å². The molecule has 0 fully saturated rings. The number of rotatable bonds is 3. The summed E-state index contributed by atoms with van der Waals surface area (Å²) < 4.78 is 11.2. The number of benzene rings is 2. The van der Waals surface area contributed by atoms with E-state index in [1.54, 1.807) is 30.3 Å². The van der Waals surface area contributed by atoms with Gasteiger partial charge in [-0.1, -0.05) is 29.3 Å². The molecule has 0 spiro atoms. The SMILES string of the molecule is CCOc1cc(C)c2c(c1)O/C(=C\c1ccc(Cl)cc1Cl)C2=O. The van der Waals surface area contributed by atoms with Gasteiger partial charge in [-0.25, -0.2) is 0 Å². The van der Waals surface area contributed by atoms with Crippen LogP contribution in [-0.2, 0) is 0 Å². The highest BCUT2D eigenvalue weighted by Gasteiger charge is 2.30. The molecule has 1 aliphatic rings. The summed E-state index contributed by atoms with van der Waals surface area (Å²) in [7, 11) is 0. The Kier molecular flexibility index (Phi) is 4.33. The van der Waals surface area contributed by atoms with Crippen molar-refractivity contribution in [1.29, 1.82) is 0 Å². The standard InChI is InChI=1S/C18H14Cl2O3/c1-3-22-13-6-10(2)17-15(9-13)23-16(18(17)21)7-11-4-5-12(19)8-14(11)20/h4-9H,3H2,1-2H3/b16-7-. The van der Waals surface area contributed by atoms with Crippen molar-refractivity contribution in [2.45, 2.75) is 13.8 Å². The maximum atomic E-state index is 12.6. The summed E-state index contributed by atoms with van der Waals surface area (Å²) in [6, 6.07) is 8.65. The van der Waals surface area contributed by atoms with Gasteiger partial charge in [0.25, 0.3) is 0 Å². The van der Waals surface area contributed by atoms with Gasteiger partial charge in [-0.2, -0.15) is 0 Å². The first kappa shape index (κ1) is 15.9. The van der Waals surface area contributed by atoms with Gasteiger partial charge < -0.3 is 9.47 Å². The van der Waals surface area contributed by atoms with Gasteiger partial charge >= 0.3 is 0 Å². The molecule has 0 saturated carbocycles. The van der Waals surface area contributed by atoms with Crippen molar-refractivity contribution >= 4 is 35.1 Å². The number of hydrogen-bond donors (Lipinski definition) is 0. The summed E-state index contributed by atoms with van der Waals surface area (Å²) in [5.74, 6) is 1.27. The van der Waals surface area contributed by atoms with Crippen molar-refractivity contribution in [2.24, 2.45) is 0 Å². The van der Waals surface area contributed by atoms with Crippen LogP contribution in [0, 0.1) is 6.92 Å². The minimum Gasteiger partial charge on any atom is -0.494 e. The quantitative estimate of drug-likeness (QED) is 0.704. The number of carbonyl (C=O) groups is 1. The van der Waals surface area contributed by atoms with Crippen LogP contribution in [0.4, 0.5) is 0 Å². The van der Waals surface area contributed by atoms with E-state index in [0.29, 0.717) is 39.3 Å². The molecular formula is C18H14Cl2O3. The van der Waals surface area contributed by atoms with E-state index in [-0.39, 0.29) is 11.5 Å². The number of allylic oxidation sites excluding steroid dienone is 1. The molecule has 0 amide bonds. The van der Waals surface area contributed by atoms with Gasteiger partial charge in [-0.05, 0) is 49.2 Å². The maximum Gasteiger partial charge on any atom is 0.232 e. The molecule has 0 aromatic heterocycles. The van der Waals surface area contributed by atoms with Crippen LogP contribution in [0.2, 0.25) is 10.0 Å². The fourth-order valence-corrected chi connectivity index (χ4v) is 2.95. The Hall–Kier alpha value is -1.97. The number of Topliss-reactive ketones (excluding diaryl/α,β-unsaturated/α-hetero) is 1. The van der Waals surface area contributed by atoms with E-state index in [4.69, 9.17) is 32.7 Å². The summed E-state index contributed by atoms with van der Waals surface area (Å²) >= 11 is 12.0. The molecule has 118 valence electrons. The lowest BCUT2D eigenvalue weighted by molar-refractivity contribution is 0.101. The monoisotopic (exact) mass is 348 g/mol. The van der Waals surface area contributed by atoms with E-state index in [2.05, 4.69) is 0 Å². The fraction of sp³-hybridized carbons (Fsp3) is 0.167. The number of carbonyl (C=O) groups excluding carboxylic acids is 1. The summed E-state index contributed by atoms with van der Waals surface area (Å²) in [6.07, 6.45) is 1.63. The average molecular weight is 349 g/mol. The van der Waals surface area contributed by atoms with Crippen molar-refractivity contribution in [1.82, 2.24) is 0 Å². The number of aryl methyl sites for hydroxylation is 1. The summed E-state index contributed by atoms with van der Waals surface area (Å²) in [5, 5.41) is 1.00. The number of ketones is 1. The van der Waals surface area contributed by atoms with E-state index in [0.717, 1.165) is 5.56 Å². The van der Waals surface area contributed by atoms with Crippen LogP contribution in [0.15, 0.2) is 36.1 Å². The second kappa shape index (κ2) is 6.26. The predicted octanol–water partition coefficient (Wildman–Crippen LogP) is 5.32. The van der Waals surface area contributed by atoms with Crippen molar-refractivity contribution in [3.05, 3.63) is 62.8 Å². The van der Waals surface area contributed by atoms with Crippen LogP contribution in [0.3, 0.4) is 0 Å². The topological polar surface area (TPSA) is 35.5 Å². The van der Waals surface area contributed by atoms with E-state index < -0.39 is 0 Å². The molecular weight excluding hydrogens is 335 g/mol. The number of hydrogen-bond acceptors (Lipinski definition) is 3. The molecule has 0 bridgehead atoms. The smallest absolute Gasteiger partial charge is 0.232 e. The molecule has 23 heavy (non-hydrogen) atoms. The highest BCUT2D eigenvalue weighted by atomic mass is 35.5. The van der Waals surface area contributed by atoms with E-state index in [9.17, 15) is 4.79 Å². The van der Waals surface area contributed by atoms with Gasteiger partial charge in [0.1, 0.15) is 11.5 Å². The molecule has 1 aliphatic heterocycles. The predicted molar refractivity (Wildman–Crippen MR) is 91.7 cm³/mol. The molecule has 0 atom stereocenters. The van der Waals surface area contributed by atoms with Crippen molar-refractivity contribution in [3.63, 3.8) is 0 Å². The molecule has 2 aromatic carbocycles. The largest absolute Gasteiger partial charge is 0.494 e. The third-order valence-corrected chi connectivity index (χ3v) is 4.07. The second-order valence-corrected chi connectivity index (χ2v) is 6.00. The van der Waals surface area contributed by atoms with Crippen LogP contribution < -0.4 is 9.47 Å². The molecule has 0 N–H and O–H groups in total. The molecule has 0 unspecified atom stereocenters. The van der Waals surface area contributed by atoms with Gasteiger partial charge in [-0.3, -0.25) is 4.79 Å². The molecule has 2 aromatic rings. The Morgan fingerprint density at radius 2 is 2.00 bits per heavy atom. The minimum atomic E-state index is -0.161. The van der Waals surface area contributed by atoms with Gasteiger partial charge in [0.05, 0.1) is 12.2 Å². The zero-order chi connectivity index (χ0) is 16.6. The first-order valence-corrected chi connectivity index (χ1v) is 7.92. The van der Waals surface area contributed by atoms with Gasteiger partial charge in [0, 0.05) is 16.1 Å². The maximum absolute atomic E-state index is 12.6. The van der Waals surface area contributed by atoms with E-state index in [1.807, 2.05) is 19.9 Å². The summed E-state index contributed by atoms with van der Waals surface area (Å²) in [6.45, 7) is 4.32. The lowest BCUT2D eigenvalue weighted by atomic mass is 10.0. The molecule has 0 radical (unpaired) electrons. The number of fused-ring (bicyclic) bond motifs is 1. The lowest BCUT2D eigenvalue weighted by Crippen LogP contribution is -2.00. The minimum absolute atomic E-state index is 0.161. The fourth-order valence-electron chi connectivity index (χ4n) is 2.49. The molecule has 3 nitrogen and oxygen atoms in total. The van der Waals surface area contributed by atoms with Crippen molar-refractivity contribution in [2.75, 3.05) is 6.61 Å². The van der Waals surface area contributed by atoms with Crippen LogP contribution >= 0.6 is 23.2 Å². The zero-order valence-corrected chi connectivity index (χ0v) is 14.2. The molecule has 0 saturated heterocycles. The van der Waals surface area contributed by atoms with Crippen LogP contribution in [0.1, 0.15) is 28.4 Å². The van der Waals surface area contributed by atoms with Crippen molar-refractivity contribution in [3.8, 4) is 11.5 Å². The summed E-state index contributed by atoms with van der Waals surface area (Å²) in [5.41, 5.74) is 2.06. The lowest BCUT2D eigenvalue weighted by Gasteiger charge is -2.06. The molecule has 5 heteroatoms. The highest BCUT2D eigenvalue weighted by Crippen LogP contribution is 2.38. The van der Waals surface area contributed by atoms with Gasteiger partial charge in [-0.15, -0.1) is 0 Å². The highest BCUT2D eigenvalue weighted by molar-refractivity contribution is 6.35. The van der Waals surface area contributed by atoms with E-state index >= 15 is 0 Å². The molecule has 0 aliphatic carbocycles. The first-order valence-electron chi connectivity index (χ1n) is 7.16. The zero-order valence-electron chi connectivity index (χ0n) is 12.7. The summed E-state index contributed by atoms with van der Waals surface area (Å²) in [4.78, 5) is 12.6. The first-order chi connectivity index (χ1) is 11.0. The van der Waals surface area contributed by atoms with Gasteiger partial charge in [0.2, 0.25) is 5.78 Å². The second-order valence-electron chi connectivity index (χ2n) is 5.15. The normalized spacial score (nSPS) is 14.8. The third-order valence-electron chi connectivity index (χ3n) is 3.50. The Morgan fingerprint density at radius 1 is 1.22 bits per heavy atom. The number of ether oxygens (including phenoxy) is 2. The van der Waals surface area contributed by atoms with Crippen LogP contribution in [-0.4, -0.2) is 12.4 Å². The third kappa shape index (κ3) is 3.07. The Morgan fingerprint density at radius 3 is 2.70 bits per heavy atom. The average Bonchev–Trinajstić information content (AvgIpc) is 2.79. The molecule has 3 rings (SSSR count). The van der Waals surface area contributed by atoms with Crippen molar-refractivity contribution < 1.29 is 14.3 Å². The van der Waals surface area contributed by atoms with Crippen LogP contribution in [0.5, 0.6) is 11.5 Å². The van der Waals surface area contributed by atoms with Gasteiger partial charge in [0.15, 0.2) is 5.76 Å². The number of halogens is 2. The van der Waals surface area contributed by atoms with E-state index in [1.165, 1.54) is 0 Å². The van der Waals surface area contributed by atoms with Crippen LogP contribution in [0.25, 0.3) is 6.08 Å². The Bertz CT molecular complexity index is 825. The molecule has 1 heterocycles. The Balaban J connectivity index is 2.00.